The van der Waals surface area contributed by atoms with E-state index in [0.717, 1.165) is 52.5 Å². The number of hydrogen-bond acceptors (Lipinski definition) is 7. The first kappa shape index (κ1) is 19.7. The summed E-state index contributed by atoms with van der Waals surface area (Å²) in [5.41, 5.74) is 1.85. The molecule has 0 bridgehead atoms. The van der Waals surface area contributed by atoms with Crippen LogP contribution in [0.2, 0.25) is 0 Å². The molecule has 1 aliphatic rings. The molecule has 29 heavy (non-hydrogen) atoms. The Balaban J connectivity index is 1.78. The largest absolute Gasteiger partial charge is 0.431 e. The maximum Gasteiger partial charge on any atom is 0.311 e. The summed E-state index contributed by atoms with van der Waals surface area (Å²) in [6.07, 6.45) is 0. The molecule has 0 unspecified atom stereocenters. The van der Waals surface area contributed by atoms with Gasteiger partial charge in [0.1, 0.15) is 24.5 Å². The molecule has 0 radical (unpaired) electrons. The zero-order valence-corrected chi connectivity index (χ0v) is 17.5. The van der Waals surface area contributed by atoms with E-state index in [1.165, 1.54) is 11.0 Å². The fraction of sp³-hybridized carbons (Fsp3) is 0.400. The summed E-state index contributed by atoms with van der Waals surface area (Å²) in [6.45, 7) is 9.85. The van der Waals surface area contributed by atoms with E-state index in [2.05, 4.69) is 4.98 Å². The molecule has 1 fully saturated rings. The average molecular weight is 415 g/mol. The maximum atomic E-state index is 11.5. The molecule has 0 atom stereocenters. The minimum atomic E-state index is -0.433. The fourth-order valence-corrected chi connectivity index (χ4v) is 4.47. The van der Waals surface area contributed by atoms with Crippen LogP contribution in [-0.4, -0.2) is 41.2 Å². The summed E-state index contributed by atoms with van der Waals surface area (Å²) >= 11 is 1.59. The first-order valence-electron chi connectivity index (χ1n) is 9.53. The highest BCUT2D eigenvalue weighted by atomic mass is 32.1. The average Bonchev–Trinajstić information content (AvgIpc) is 2.96. The molecule has 3 heterocycles. The Morgan fingerprint density at radius 1 is 1.24 bits per heavy atom. The third-order valence-corrected chi connectivity index (χ3v) is 6.27. The van der Waals surface area contributed by atoms with E-state index < -0.39 is 4.92 Å². The third kappa shape index (κ3) is 4.07. The van der Waals surface area contributed by atoms with E-state index in [9.17, 15) is 10.1 Å². The van der Waals surface area contributed by atoms with E-state index in [0.29, 0.717) is 18.2 Å². The normalized spacial score (nSPS) is 15.0. The highest BCUT2D eigenvalue weighted by molar-refractivity contribution is 7.18. The van der Waals surface area contributed by atoms with Gasteiger partial charge in [0, 0.05) is 10.9 Å². The molecule has 8 nitrogen and oxygen atoms in total. The van der Waals surface area contributed by atoms with Crippen LogP contribution in [0.25, 0.3) is 10.2 Å². The number of nitro benzene ring substituents is 1. The van der Waals surface area contributed by atoms with Crippen molar-refractivity contribution in [3.63, 3.8) is 0 Å². The topological polar surface area (TPSA) is 91.8 Å². The Labute approximate surface area is 172 Å². The van der Waals surface area contributed by atoms with Gasteiger partial charge in [-0.1, -0.05) is 6.07 Å². The molecule has 152 valence electrons. The number of fused-ring (bicyclic) bond motifs is 1. The van der Waals surface area contributed by atoms with Gasteiger partial charge in [-0.25, -0.2) is 4.98 Å². The van der Waals surface area contributed by atoms with Crippen LogP contribution in [0, 0.1) is 30.9 Å². The van der Waals surface area contributed by atoms with Crippen molar-refractivity contribution in [3.8, 4) is 11.6 Å². The maximum absolute atomic E-state index is 11.5. The molecule has 3 aromatic rings. The van der Waals surface area contributed by atoms with Crippen LogP contribution < -0.4 is 9.64 Å². The summed E-state index contributed by atoms with van der Waals surface area (Å²) in [5, 5.41) is 12.3. The van der Waals surface area contributed by atoms with Gasteiger partial charge in [0.05, 0.1) is 23.5 Å². The lowest BCUT2D eigenvalue weighted by molar-refractivity contribution is -0.922. The standard InChI is InChI=1S/C20H22N4O4S/c1-12-4-5-15(24(25)26)16(10-12)28-19-18-13(2)14(3)29-20(18)22-17(21-19)11-23-6-8-27-9-7-23/h4-5,10H,6-9,11H2,1-3H3/p+1. The molecule has 4 rings (SSSR count). The van der Waals surface area contributed by atoms with E-state index in [-0.39, 0.29) is 11.4 Å². The van der Waals surface area contributed by atoms with Crippen LogP contribution in [0.15, 0.2) is 18.2 Å². The van der Waals surface area contributed by atoms with Gasteiger partial charge in [-0.3, -0.25) is 10.1 Å². The molecular formula is C20H23N4O4S+. The van der Waals surface area contributed by atoms with E-state index >= 15 is 0 Å². The molecule has 0 spiro atoms. The van der Waals surface area contributed by atoms with Gasteiger partial charge in [0.15, 0.2) is 5.82 Å². The monoisotopic (exact) mass is 415 g/mol. The molecule has 1 saturated heterocycles. The molecule has 0 amide bonds. The molecule has 0 saturated carbocycles. The summed E-state index contributed by atoms with van der Waals surface area (Å²) < 4.78 is 11.5. The minimum absolute atomic E-state index is 0.0766. The third-order valence-electron chi connectivity index (χ3n) is 5.17. The number of hydrogen-bond donors (Lipinski definition) is 1. The van der Waals surface area contributed by atoms with Crippen molar-refractivity contribution in [2.24, 2.45) is 0 Å². The Hall–Kier alpha value is -2.62. The Bertz CT molecular complexity index is 1080. The van der Waals surface area contributed by atoms with Crippen molar-refractivity contribution >= 4 is 27.2 Å². The lowest BCUT2D eigenvalue weighted by atomic mass is 10.2. The summed E-state index contributed by atoms with van der Waals surface area (Å²) in [4.78, 5) is 23.8. The molecule has 1 aromatic carbocycles. The smallest absolute Gasteiger partial charge is 0.311 e. The van der Waals surface area contributed by atoms with Gasteiger partial charge in [-0.05, 0) is 38.0 Å². The minimum Gasteiger partial charge on any atom is -0.431 e. The first-order valence-corrected chi connectivity index (χ1v) is 10.3. The van der Waals surface area contributed by atoms with Gasteiger partial charge in [0.2, 0.25) is 11.6 Å². The van der Waals surface area contributed by atoms with Crippen molar-refractivity contribution in [3.05, 3.63) is 50.1 Å². The van der Waals surface area contributed by atoms with Gasteiger partial charge < -0.3 is 14.4 Å². The molecule has 9 heteroatoms. The first-order chi connectivity index (χ1) is 13.9. The predicted octanol–water partition coefficient (Wildman–Crippen LogP) is 2.73. The highest BCUT2D eigenvalue weighted by Crippen LogP contribution is 2.39. The fourth-order valence-electron chi connectivity index (χ4n) is 3.43. The summed E-state index contributed by atoms with van der Waals surface area (Å²) in [6, 6.07) is 4.84. The van der Waals surface area contributed by atoms with Crippen LogP contribution in [0.5, 0.6) is 11.6 Å². The van der Waals surface area contributed by atoms with Crippen molar-refractivity contribution in [2.75, 3.05) is 26.3 Å². The molecule has 2 aromatic heterocycles. The number of aryl methyl sites for hydroxylation is 3. The van der Waals surface area contributed by atoms with E-state index in [1.807, 2.05) is 20.8 Å². The number of rotatable bonds is 5. The van der Waals surface area contributed by atoms with Crippen LogP contribution >= 0.6 is 11.3 Å². The molecular weight excluding hydrogens is 392 g/mol. The van der Waals surface area contributed by atoms with Crippen molar-refractivity contribution < 1.29 is 19.3 Å². The predicted molar refractivity (Wildman–Crippen MR) is 110 cm³/mol. The molecule has 1 aliphatic heterocycles. The molecule has 0 aliphatic carbocycles. The van der Waals surface area contributed by atoms with Crippen LogP contribution in [0.1, 0.15) is 21.8 Å². The lowest BCUT2D eigenvalue weighted by Gasteiger charge is -2.23. The lowest BCUT2D eigenvalue weighted by Crippen LogP contribution is -3.12. The SMILES string of the molecule is Cc1ccc([N+](=O)[O-])c(Oc2nc(C[NH+]3CCOCC3)nc3sc(C)c(C)c23)c1. The van der Waals surface area contributed by atoms with Gasteiger partial charge >= 0.3 is 5.69 Å². The zero-order chi connectivity index (χ0) is 20.5. The van der Waals surface area contributed by atoms with E-state index in [1.54, 1.807) is 23.5 Å². The second kappa shape index (κ2) is 8.02. The zero-order valence-electron chi connectivity index (χ0n) is 16.7. The number of thiophene rings is 1. The van der Waals surface area contributed by atoms with Crippen LogP contribution in [0.3, 0.4) is 0 Å². The van der Waals surface area contributed by atoms with Crippen molar-refractivity contribution in [1.29, 1.82) is 0 Å². The number of nitro groups is 1. The number of quaternary nitrogens is 1. The number of ether oxygens (including phenoxy) is 2. The van der Waals surface area contributed by atoms with Crippen LogP contribution in [0.4, 0.5) is 5.69 Å². The van der Waals surface area contributed by atoms with Crippen molar-refractivity contribution in [1.82, 2.24) is 9.97 Å². The number of aromatic nitrogens is 2. The number of nitrogens with zero attached hydrogens (tertiary/aromatic N) is 3. The quantitative estimate of drug-likeness (QED) is 0.509. The Morgan fingerprint density at radius 2 is 2.00 bits per heavy atom. The van der Waals surface area contributed by atoms with Gasteiger partial charge in [0.25, 0.3) is 0 Å². The second-order valence-corrected chi connectivity index (χ2v) is 8.48. The Kier molecular flexibility index (Phi) is 5.44. The van der Waals surface area contributed by atoms with Gasteiger partial charge in [-0.2, -0.15) is 4.98 Å². The van der Waals surface area contributed by atoms with Crippen LogP contribution in [-0.2, 0) is 11.3 Å². The number of morpholine rings is 1. The number of nitrogens with one attached hydrogen (secondary N) is 1. The van der Waals surface area contributed by atoms with Crippen molar-refractivity contribution in [2.45, 2.75) is 27.3 Å². The van der Waals surface area contributed by atoms with Gasteiger partial charge in [-0.15, -0.1) is 11.3 Å². The second-order valence-electron chi connectivity index (χ2n) is 7.28. The summed E-state index contributed by atoms with van der Waals surface area (Å²) in [7, 11) is 0. The van der Waals surface area contributed by atoms with E-state index in [4.69, 9.17) is 14.5 Å². The highest BCUT2D eigenvalue weighted by Gasteiger charge is 2.23. The number of benzene rings is 1. The summed E-state index contributed by atoms with van der Waals surface area (Å²) in [5.74, 6) is 1.26. The molecule has 1 N–H and O–H groups in total. The Morgan fingerprint density at radius 3 is 2.72 bits per heavy atom.